The van der Waals surface area contributed by atoms with Crippen LogP contribution in [0.1, 0.15) is 39.5 Å². The fourth-order valence-corrected chi connectivity index (χ4v) is 3.02. The number of unbranched alkanes of at least 4 members (excludes halogenated alkanes) is 1. The predicted molar refractivity (Wildman–Crippen MR) is 100 cm³/mol. The minimum atomic E-state index is -0.200. The summed E-state index contributed by atoms with van der Waals surface area (Å²) in [5.74, 6) is 0.347. The van der Waals surface area contributed by atoms with Crippen molar-refractivity contribution in [2.24, 2.45) is 5.92 Å². The number of nitrogens with zero attached hydrogens (tertiary/aromatic N) is 2. The molecule has 0 saturated heterocycles. The van der Waals surface area contributed by atoms with Gasteiger partial charge in [-0.2, -0.15) is 0 Å². The quantitative estimate of drug-likeness (QED) is 0.746. The van der Waals surface area contributed by atoms with Gasteiger partial charge < -0.3 is 5.32 Å². The number of carbonyl (C=O) groups excluding carboxylic acids is 1. The first-order valence-electron chi connectivity index (χ1n) is 8.46. The molecule has 0 radical (unpaired) electrons. The lowest BCUT2D eigenvalue weighted by Gasteiger charge is -2.15. The molecule has 24 heavy (non-hydrogen) atoms. The van der Waals surface area contributed by atoms with E-state index in [1.165, 1.54) is 17.3 Å². The van der Waals surface area contributed by atoms with Crippen LogP contribution in [0.5, 0.6) is 0 Å². The van der Waals surface area contributed by atoms with Gasteiger partial charge in [0, 0.05) is 11.0 Å². The second kappa shape index (κ2) is 8.97. The normalized spacial score (nSPS) is 12.3. The van der Waals surface area contributed by atoms with Crippen LogP contribution < -0.4 is 10.9 Å². The van der Waals surface area contributed by atoms with Crippen molar-refractivity contribution in [2.75, 3.05) is 6.54 Å². The Labute approximate surface area is 150 Å². The molecule has 0 aliphatic rings. The van der Waals surface area contributed by atoms with Crippen molar-refractivity contribution >= 4 is 32.7 Å². The molecule has 0 aliphatic heterocycles. The molecule has 1 N–H and O–H groups in total. The van der Waals surface area contributed by atoms with Crippen molar-refractivity contribution in [1.29, 1.82) is 0 Å². The van der Waals surface area contributed by atoms with Crippen LogP contribution >= 0.6 is 15.9 Å². The highest BCUT2D eigenvalue weighted by Gasteiger charge is 2.11. The molecule has 6 heteroatoms. The first kappa shape index (κ1) is 18.6. The van der Waals surface area contributed by atoms with Gasteiger partial charge in [0.25, 0.3) is 5.56 Å². The fourth-order valence-electron chi connectivity index (χ4n) is 2.66. The van der Waals surface area contributed by atoms with Gasteiger partial charge in [0.1, 0.15) is 6.54 Å². The average Bonchev–Trinajstić information content (AvgIpc) is 2.58. The number of hydrogen-bond donors (Lipinski definition) is 1. The van der Waals surface area contributed by atoms with Crippen LogP contribution in [-0.4, -0.2) is 22.0 Å². The van der Waals surface area contributed by atoms with Crippen LogP contribution in [0.15, 0.2) is 33.8 Å². The Morgan fingerprint density at radius 3 is 2.88 bits per heavy atom. The molecule has 1 heterocycles. The number of halogens is 1. The summed E-state index contributed by atoms with van der Waals surface area (Å²) in [6.07, 6.45) is 5.95. The van der Waals surface area contributed by atoms with E-state index < -0.39 is 0 Å². The summed E-state index contributed by atoms with van der Waals surface area (Å²) in [6.45, 7) is 4.97. The second-order valence-electron chi connectivity index (χ2n) is 6.06. The van der Waals surface area contributed by atoms with E-state index in [-0.39, 0.29) is 18.0 Å². The van der Waals surface area contributed by atoms with Gasteiger partial charge in [-0.3, -0.25) is 14.2 Å². The lowest BCUT2D eigenvalue weighted by molar-refractivity contribution is -0.121. The molecule has 0 spiro atoms. The smallest absolute Gasteiger partial charge is 0.261 e. The Hall–Kier alpha value is -1.69. The summed E-state index contributed by atoms with van der Waals surface area (Å²) in [4.78, 5) is 28.9. The molecule has 0 aliphatic carbocycles. The minimum absolute atomic E-state index is 0.00149. The van der Waals surface area contributed by atoms with Crippen molar-refractivity contribution in [3.63, 3.8) is 0 Å². The first-order valence-corrected chi connectivity index (χ1v) is 9.25. The zero-order valence-electron chi connectivity index (χ0n) is 14.2. The fraction of sp³-hybridized carbons (Fsp3) is 0.500. The lowest BCUT2D eigenvalue weighted by Crippen LogP contribution is -2.35. The van der Waals surface area contributed by atoms with E-state index in [4.69, 9.17) is 0 Å². The number of rotatable bonds is 8. The van der Waals surface area contributed by atoms with Crippen LogP contribution in [-0.2, 0) is 11.3 Å². The summed E-state index contributed by atoms with van der Waals surface area (Å²) in [7, 11) is 0. The third-order valence-electron chi connectivity index (χ3n) is 4.23. The number of benzene rings is 1. The van der Waals surface area contributed by atoms with Gasteiger partial charge >= 0.3 is 0 Å². The van der Waals surface area contributed by atoms with E-state index in [1.54, 1.807) is 12.1 Å². The molecule has 2 aromatic rings. The van der Waals surface area contributed by atoms with Gasteiger partial charge in [-0.05, 0) is 30.5 Å². The van der Waals surface area contributed by atoms with Crippen LogP contribution in [0, 0.1) is 5.92 Å². The highest BCUT2D eigenvalue weighted by molar-refractivity contribution is 9.10. The van der Waals surface area contributed by atoms with Crippen molar-refractivity contribution < 1.29 is 4.79 Å². The topological polar surface area (TPSA) is 64.0 Å². The average molecular weight is 394 g/mol. The van der Waals surface area contributed by atoms with Crippen LogP contribution in [0.4, 0.5) is 0 Å². The van der Waals surface area contributed by atoms with E-state index in [2.05, 4.69) is 40.1 Å². The number of aromatic nitrogens is 2. The maximum atomic E-state index is 12.5. The minimum Gasteiger partial charge on any atom is -0.354 e. The van der Waals surface area contributed by atoms with E-state index in [0.717, 1.165) is 23.7 Å². The number of nitrogens with one attached hydrogen (secondary N) is 1. The van der Waals surface area contributed by atoms with Crippen LogP contribution in [0.3, 0.4) is 0 Å². The molecular formula is C18H24BrN3O2. The summed E-state index contributed by atoms with van der Waals surface area (Å²) in [5, 5.41) is 3.45. The molecule has 2 rings (SSSR count). The van der Waals surface area contributed by atoms with E-state index in [9.17, 15) is 9.59 Å². The standard InChI is InChI=1S/C18H24BrN3O2/c1-3-5-6-13(4-2)10-20-17(23)11-22-12-21-16-8-7-14(19)9-15(16)18(22)24/h7-9,12-13H,3-6,10-11H2,1-2H3,(H,20,23)/t13-/m0/s1. The summed E-state index contributed by atoms with van der Waals surface area (Å²) in [6, 6.07) is 5.36. The van der Waals surface area contributed by atoms with Gasteiger partial charge in [0.05, 0.1) is 17.2 Å². The van der Waals surface area contributed by atoms with Gasteiger partial charge in [-0.15, -0.1) is 0 Å². The SMILES string of the molecule is CCCC[C@H](CC)CNC(=O)Cn1cnc2ccc(Br)cc2c1=O. The number of hydrogen-bond acceptors (Lipinski definition) is 3. The number of fused-ring (bicyclic) bond motifs is 1. The lowest BCUT2D eigenvalue weighted by atomic mass is 9.99. The van der Waals surface area contributed by atoms with Crippen molar-refractivity contribution in [1.82, 2.24) is 14.9 Å². The van der Waals surface area contributed by atoms with Crippen LogP contribution in [0.2, 0.25) is 0 Å². The molecule has 0 saturated carbocycles. The largest absolute Gasteiger partial charge is 0.354 e. The summed E-state index contributed by atoms with van der Waals surface area (Å²) >= 11 is 3.36. The van der Waals surface area contributed by atoms with Gasteiger partial charge in [-0.1, -0.05) is 49.0 Å². The summed E-state index contributed by atoms with van der Waals surface area (Å²) < 4.78 is 2.18. The van der Waals surface area contributed by atoms with Crippen molar-refractivity contribution in [3.8, 4) is 0 Å². The molecular weight excluding hydrogens is 370 g/mol. The van der Waals surface area contributed by atoms with Crippen molar-refractivity contribution in [2.45, 2.75) is 46.1 Å². The Balaban J connectivity index is 2.02. The van der Waals surface area contributed by atoms with Gasteiger partial charge in [-0.25, -0.2) is 4.98 Å². The predicted octanol–water partition coefficient (Wildman–Crippen LogP) is 3.49. The second-order valence-corrected chi connectivity index (χ2v) is 6.98. The zero-order valence-corrected chi connectivity index (χ0v) is 15.8. The maximum absolute atomic E-state index is 12.5. The zero-order chi connectivity index (χ0) is 17.5. The van der Waals surface area contributed by atoms with Crippen LogP contribution in [0.25, 0.3) is 10.9 Å². The van der Waals surface area contributed by atoms with Gasteiger partial charge in [0.15, 0.2) is 0 Å². The van der Waals surface area contributed by atoms with E-state index in [1.807, 2.05) is 6.07 Å². The molecule has 0 bridgehead atoms. The molecule has 0 unspecified atom stereocenters. The third kappa shape index (κ3) is 4.90. The van der Waals surface area contributed by atoms with E-state index in [0.29, 0.717) is 23.4 Å². The van der Waals surface area contributed by atoms with E-state index >= 15 is 0 Å². The molecule has 0 fully saturated rings. The molecule has 1 atom stereocenters. The third-order valence-corrected chi connectivity index (χ3v) is 4.72. The highest BCUT2D eigenvalue weighted by Crippen LogP contribution is 2.15. The first-order chi connectivity index (χ1) is 11.5. The monoisotopic (exact) mass is 393 g/mol. The molecule has 1 amide bonds. The molecule has 5 nitrogen and oxygen atoms in total. The molecule has 1 aromatic carbocycles. The molecule has 130 valence electrons. The Bertz CT molecular complexity index is 758. The molecule has 1 aromatic heterocycles. The Morgan fingerprint density at radius 2 is 2.17 bits per heavy atom. The Kier molecular flexibility index (Phi) is 6.97. The highest BCUT2D eigenvalue weighted by atomic mass is 79.9. The number of amides is 1. The Morgan fingerprint density at radius 1 is 1.38 bits per heavy atom. The maximum Gasteiger partial charge on any atom is 0.261 e. The summed E-state index contributed by atoms with van der Waals surface area (Å²) in [5.41, 5.74) is 0.431. The van der Waals surface area contributed by atoms with Gasteiger partial charge in [0.2, 0.25) is 5.91 Å². The van der Waals surface area contributed by atoms with Crippen molar-refractivity contribution in [3.05, 3.63) is 39.4 Å². The number of carbonyl (C=O) groups is 1.